The van der Waals surface area contributed by atoms with Crippen LogP contribution in [0.3, 0.4) is 0 Å². The molecular formula is C17H17N3O4S. The van der Waals surface area contributed by atoms with E-state index in [-0.39, 0.29) is 17.7 Å². The Kier molecular flexibility index (Phi) is 3.84. The number of amidine groups is 1. The van der Waals surface area contributed by atoms with E-state index in [1.54, 1.807) is 23.3 Å². The van der Waals surface area contributed by atoms with Gasteiger partial charge in [0.2, 0.25) is 0 Å². The fourth-order valence-corrected chi connectivity index (χ4v) is 4.04. The van der Waals surface area contributed by atoms with Crippen LogP contribution in [0, 0.1) is 0 Å². The lowest BCUT2D eigenvalue weighted by molar-refractivity contribution is -0.118. The molecule has 130 valence electrons. The van der Waals surface area contributed by atoms with Crippen molar-refractivity contribution < 1.29 is 17.9 Å². The predicted octanol–water partition coefficient (Wildman–Crippen LogP) is 1.12. The van der Waals surface area contributed by atoms with Gasteiger partial charge in [0, 0.05) is 24.7 Å². The summed E-state index contributed by atoms with van der Waals surface area (Å²) in [5.41, 5.74) is 1.44. The van der Waals surface area contributed by atoms with Crippen LogP contribution >= 0.6 is 0 Å². The second-order valence-corrected chi connectivity index (χ2v) is 7.80. The molecule has 25 heavy (non-hydrogen) atoms. The van der Waals surface area contributed by atoms with E-state index >= 15 is 0 Å². The number of hydrogen-bond acceptors (Lipinski definition) is 5. The van der Waals surface area contributed by atoms with Crippen LogP contribution in [0.15, 0.2) is 52.6 Å². The topological polar surface area (TPSA) is 88.1 Å². The molecule has 0 aliphatic carbocycles. The molecule has 4 rings (SSSR count). The van der Waals surface area contributed by atoms with Gasteiger partial charge >= 0.3 is 0 Å². The first-order valence-corrected chi connectivity index (χ1v) is 9.64. The maximum absolute atomic E-state index is 12.6. The number of carbonyl (C=O) groups is 1. The number of carbonyl (C=O) groups excluding carboxylic acids is 1. The minimum Gasteiger partial charge on any atom is -0.493 e. The highest BCUT2D eigenvalue weighted by atomic mass is 32.2. The molecule has 0 spiro atoms. The lowest BCUT2D eigenvalue weighted by Crippen LogP contribution is -2.39. The smallest absolute Gasteiger partial charge is 0.256 e. The van der Waals surface area contributed by atoms with Crippen molar-refractivity contribution in [2.75, 3.05) is 18.9 Å². The molecule has 0 fully saturated rings. The van der Waals surface area contributed by atoms with Crippen LogP contribution in [0.1, 0.15) is 18.0 Å². The maximum Gasteiger partial charge on any atom is 0.256 e. The third-order valence-corrected chi connectivity index (χ3v) is 5.51. The van der Waals surface area contributed by atoms with Gasteiger partial charge in [0.25, 0.3) is 15.9 Å². The van der Waals surface area contributed by atoms with Crippen molar-refractivity contribution in [1.82, 2.24) is 10.2 Å². The molecule has 7 nitrogen and oxygen atoms in total. The van der Waals surface area contributed by atoms with E-state index in [0.717, 1.165) is 11.3 Å². The van der Waals surface area contributed by atoms with Crippen LogP contribution in [0.2, 0.25) is 0 Å². The molecule has 0 unspecified atom stereocenters. The van der Waals surface area contributed by atoms with Gasteiger partial charge < -0.3 is 15.0 Å². The summed E-state index contributed by atoms with van der Waals surface area (Å²) in [6.45, 7) is 0.847. The van der Waals surface area contributed by atoms with Gasteiger partial charge in [0.05, 0.1) is 24.0 Å². The summed E-state index contributed by atoms with van der Waals surface area (Å²) in [4.78, 5) is 14.3. The summed E-state index contributed by atoms with van der Waals surface area (Å²) >= 11 is 0. The zero-order chi connectivity index (χ0) is 17.4. The molecular weight excluding hydrogens is 342 g/mol. The van der Waals surface area contributed by atoms with E-state index in [9.17, 15) is 13.2 Å². The number of sulfonamides is 1. The molecule has 1 N–H and O–H groups in total. The predicted molar refractivity (Wildman–Crippen MR) is 92.6 cm³/mol. The first-order valence-electron chi connectivity index (χ1n) is 8.04. The van der Waals surface area contributed by atoms with Crippen molar-refractivity contribution in [2.45, 2.75) is 12.5 Å². The van der Waals surface area contributed by atoms with Crippen LogP contribution in [-0.4, -0.2) is 44.0 Å². The molecule has 0 bridgehead atoms. The highest BCUT2D eigenvalue weighted by Gasteiger charge is 2.27. The van der Waals surface area contributed by atoms with Crippen molar-refractivity contribution in [3.8, 4) is 5.75 Å². The zero-order valence-corrected chi connectivity index (χ0v) is 14.2. The quantitative estimate of drug-likeness (QED) is 0.855. The molecule has 3 aliphatic heterocycles. The summed E-state index contributed by atoms with van der Waals surface area (Å²) in [7, 11) is -3.40. The molecule has 8 heteroatoms. The number of ether oxygens (including phenoxy) is 1. The van der Waals surface area contributed by atoms with Gasteiger partial charge in [-0.2, -0.15) is 0 Å². The fraction of sp³-hybridized carbons (Fsp3) is 0.294. The summed E-state index contributed by atoms with van der Waals surface area (Å²) in [6, 6.07) is 7.56. The number of fused-ring (bicyclic) bond motifs is 2. The van der Waals surface area contributed by atoms with Gasteiger partial charge in [-0.15, -0.1) is 4.40 Å². The Morgan fingerprint density at radius 2 is 2.12 bits per heavy atom. The van der Waals surface area contributed by atoms with E-state index in [1.807, 2.05) is 24.3 Å². The third-order valence-electron chi connectivity index (χ3n) is 4.35. The van der Waals surface area contributed by atoms with Gasteiger partial charge in [-0.1, -0.05) is 18.2 Å². The van der Waals surface area contributed by atoms with E-state index in [2.05, 4.69) is 9.71 Å². The molecule has 3 aliphatic rings. The van der Waals surface area contributed by atoms with Crippen LogP contribution < -0.4 is 10.1 Å². The van der Waals surface area contributed by atoms with Crippen molar-refractivity contribution in [1.29, 1.82) is 0 Å². The van der Waals surface area contributed by atoms with Crippen molar-refractivity contribution in [3.05, 3.63) is 53.8 Å². The molecule has 0 saturated carbocycles. The first kappa shape index (κ1) is 15.9. The van der Waals surface area contributed by atoms with Gasteiger partial charge in [-0.05, 0) is 18.2 Å². The number of hydrogen-bond donors (Lipinski definition) is 1. The number of amides is 1. The molecule has 1 aromatic rings. The minimum absolute atomic E-state index is 0.0525. The van der Waals surface area contributed by atoms with E-state index < -0.39 is 10.0 Å². The maximum atomic E-state index is 12.6. The highest BCUT2D eigenvalue weighted by molar-refractivity contribution is 7.90. The lowest BCUT2D eigenvalue weighted by atomic mass is 10.00. The van der Waals surface area contributed by atoms with E-state index in [4.69, 9.17) is 4.74 Å². The van der Waals surface area contributed by atoms with Crippen LogP contribution in [0.5, 0.6) is 5.75 Å². The minimum atomic E-state index is -3.40. The van der Waals surface area contributed by atoms with Gasteiger partial charge in [-0.25, -0.2) is 8.42 Å². The average molecular weight is 359 g/mol. The largest absolute Gasteiger partial charge is 0.493 e. The SMILES string of the molecule is O=C(N[C@@H]1CCOc2ccccc21)C1=CN2CCS(=O)(=O)N=C2C=C1. The summed E-state index contributed by atoms with van der Waals surface area (Å²) in [5, 5.41) is 3.03. The standard InChI is InChI=1S/C17H17N3O4S/c21-17(18-14-7-9-24-15-4-2-1-3-13(14)15)12-5-6-16-19-25(22,23)10-8-20(16)11-12/h1-6,11,14H,7-10H2,(H,18,21)/t14-/m1/s1. The van der Waals surface area contributed by atoms with Crippen molar-refractivity contribution in [2.24, 2.45) is 4.40 Å². The Labute approximate surface area is 145 Å². The number of para-hydroxylation sites is 1. The lowest BCUT2D eigenvalue weighted by Gasteiger charge is -2.29. The summed E-state index contributed by atoms with van der Waals surface area (Å²) in [6.07, 6.45) is 5.50. The van der Waals surface area contributed by atoms with E-state index in [1.165, 1.54) is 0 Å². The van der Waals surface area contributed by atoms with Crippen LogP contribution in [0.25, 0.3) is 0 Å². The molecule has 0 saturated heterocycles. The highest BCUT2D eigenvalue weighted by Crippen LogP contribution is 2.31. The van der Waals surface area contributed by atoms with Crippen molar-refractivity contribution >= 4 is 21.8 Å². The number of rotatable bonds is 2. The molecule has 0 aromatic heterocycles. The normalized spacial score (nSPS) is 23.5. The van der Waals surface area contributed by atoms with Gasteiger partial charge in [0.1, 0.15) is 11.6 Å². The first-order chi connectivity index (χ1) is 12.0. The van der Waals surface area contributed by atoms with Crippen LogP contribution in [0.4, 0.5) is 0 Å². The molecule has 1 atom stereocenters. The Morgan fingerprint density at radius 3 is 3.00 bits per heavy atom. The Balaban J connectivity index is 1.52. The second kappa shape index (κ2) is 6.03. The van der Waals surface area contributed by atoms with E-state index in [0.29, 0.717) is 31.0 Å². The monoisotopic (exact) mass is 359 g/mol. The molecule has 3 heterocycles. The van der Waals surface area contributed by atoms with Gasteiger partial charge in [-0.3, -0.25) is 4.79 Å². The summed E-state index contributed by atoms with van der Waals surface area (Å²) < 4.78 is 32.4. The van der Waals surface area contributed by atoms with Crippen LogP contribution in [-0.2, 0) is 14.8 Å². The fourth-order valence-electron chi connectivity index (χ4n) is 3.07. The average Bonchev–Trinajstić information content (AvgIpc) is 2.61. The Bertz CT molecular complexity index is 918. The van der Waals surface area contributed by atoms with Crippen molar-refractivity contribution in [3.63, 3.8) is 0 Å². The molecule has 1 amide bonds. The number of benzene rings is 1. The second-order valence-electron chi connectivity index (χ2n) is 6.05. The molecule has 1 aromatic carbocycles. The Morgan fingerprint density at radius 1 is 1.28 bits per heavy atom. The summed E-state index contributed by atoms with van der Waals surface area (Å²) in [5.74, 6) is 0.885. The zero-order valence-electron chi connectivity index (χ0n) is 13.4. The molecule has 0 radical (unpaired) electrons. The number of nitrogens with zero attached hydrogens (tertiary/aromatic N) is 2. The van der Waals surface area contributed by atoms with Gasteiger partial charge in [0.15, 0.2) is 0 Å². The number of nitrogens with one attached hydrogen (secondary N) is 1. The Hall–Kier alpha value is -2.61. The third kappa shape index (κ3) is 3.17.